The Bertz CT molecular complexity index is 369. The molecule has 2 aromatic heterocycles. The zero-order valence-corrected chi connectivity index (χ0v) is 9.17. The molecule has 1 nitrogen and oxygen atoms in total. The normalized spacial score (nSPS) is 10.1. The Hall–Kier alpha value is -0.420. The van der Waals surface area contributed by atoms with Gasteiger partial charge in [-0.15, -0.1) is 11.3 Å². The number of hydrogen-bond donors (Lipinski definition) is 0. The van der Waals surface area contributed by atoms with Crippen molar-refractivity contribution in [1.29, 1.82) is 0 Å². The summed E-state index contributed by atoms with van der Waals surface area (Å²) in [7, 11) is 0. The lowest BCUT2D eigenvalue weighted by molar-refractivity contribution is 1.33. The number of nitrogens with zero attached hydrogens (tertiary/aromatic N) is 1. The average molecular weight is 287 g/mol. The van der Waals surface area contributed by atoms with E-state index >= 15 is 0 Å². The van der Waals surface area contributed by atoms with E-state index in [1.807, 2.05) is 24.5 Å². The van der Waals surface area contributed by atoms with Crippen molar-refractivity contribution in [3.63, 3.8) is 0 Å². The molecule has 0 fully saturated rings. The smallest absolute Gasteiger partial charge is 0.0660 e. The van der Waals surface area contributed by atoms with Gasteiger partial charge < -0.3 is 0 Å². The van der Waals surface area contributed by atoms with Crippen LogP contribution in [0.15, 0.2) is 36.7 Å². The van der Waals surface area contributed by atoms with Crippen molar-refractivity contribution in [2.75, 3.05) is 0 Å². The summed E-state index contributed by atoms with van der Waals surface area (Å²) in [5.41, 5.74) is 1.25. The van der Waals surface area contributed by atoms with Crippen LogP contribution in [-0.2, 0) is 0 Å². The van der Waals surface area contributed by atoms with Crippen molar-refractivity contribution in [1.82, 2.24) is 4.98 Å². The van der Waals surface area contributed by atoms with Crippen molar-refractivity contribution < 1.29 is 0 Å². The number of pyridine rings is 1. The van der Waals surface area contributed by atoms with Gasteiger partial charge in [0.05, 0.1) is 2.88 Å². The lowest BCUT2D eigenvalue weighted by Crippen LogP contribution is -1.71. The number of rotatable bonds is 1. The number of thiophene rings is 1. The zero-order chi connectivity index (χ0) is 8.39. The first-order valence-corrected chi connectivity index (χ1v) is 5.41. The fraction of sp³-hybridized carbons (Fsp3) is 0. The van der Waals surface area contributed by atoms with Crippen LogP contribution in [0.5, 0.6) is 0 Å². The van der Waals surface area contributed by atoms with Crippen molar-refractivity contribution in [2.45, 2.75) is 0 Å². The second kappa shape index (κ2) is 3.53. The van der Waals surface area contributed by atoms with Crippen molar-refractivity contribution in [2.24, 2.45) is 0 Å². The Morgan fingerprint density at radius 3 is 2.42 bits per heavy atom. The SMILES string of the molecule is Ic1ccc(-c2ccncc2)s1. The summed E-state index contributed by atoms with van der Waals surface area (Å²) in [5.74, 6) is 0. The molecule has 0 radical (unpaired) electrons. The third-order valence-corrected chi connectivity index (χ3v) is 3.48. The molecule has 0 aliphatic rings. The molecular formula is C9H6INS. The van der Waals surface area contributed by atoms with Gasteiger partial charge in [0.2, 0.25) is 0 Å². The van der Waals surface area contributed by atoms with E-state index in [1.165, 1.54) is 13.3 Å². The van der Waals surface area contributed by atoms with E-state index in [1.54, 1.807) is 11.3 Å². The number of aromatic nitrogens is 1. The highest BCUT2D eigenvalue weighted by Gasteiger charge is 1.98. The highest BCUT2D eigenvalue weighted by atomic mass is 127. The highest BCUT2D eigenvalue weighted by Crippen LogP contribution is 2.27. The maximum atomic E-state index is 3.98. The van der Waals surface area contributed by atoms with E-state index in [2.05, 4.69) is 39.7 Å². The minimum absolute atomic E-state index is 1.25. The quantitative estimate of drug-likeness (QED) is 0.732. The molecule has 0 spiro atoms. The van der Waals surface area contributed by atoms with Crippen molar-refractivity contribution >= 4 is 33.9 Å². The van der Waals surface area contributed by atoms with Gasteiger partial charge >= 0.3 is 0 Å². The van der Waals surface area contributed by atoms with Crippen LogP contribution in [0.3, 0.4) is 0 Å². The van der Waals surface area contributed by atoms with Crippen LogP contribution in [0.25, 0.3) is 10.4 Å². The van der Waals surface area contributed by atoms with Crippen LogP contribution in [0.2, 0.25) is 0 Å². The fourth-order valence-corrected chi connectivity index (χ4v) is 2.61. The highest BCUT2D eigenvalue weighted by molar-refractivity contribution is 14.1. The summed E-state index contributed by atoms with van der Waals surface area (Å²) in [6.45, 7) is 0. The molecular weight excluding hydrogens is 281 g/mol. The molecule has 0 aromatic carbocycles. The minimum Gasteiger partial charge on any atom is -0.265 e. The first-order chi connectivity index (χ1) is 5.86. The Labute approximate surface area is 88.6 Å². The number of halogens is 1. The summed E-state index contributed by atoms with van der Waals surface area (Å²) < 4.78 is 1.32. The molecule has 0 unspecified atom stereocenters. The lowest BCUT2D eigenvalue weighted by Gasteiger charge is -1.93. The lowest BCUT2D eigenvalue weighted by atomic mass is 10.2. The van der Waals surface area contributed by atoms with Gasteiger partial charge in [-0.25, -0.2) is 0 Å². The van der Waals surface area contributed by atoms with Crippen LogP contribution < -0.4 is 0 Å². The molecule has 2 aromatic rings. The molecule has 0 atom stereocenters. The van der Waals surface area contributed by atoms with E-state index in [4.69, 9.17) is 0 Å². The Morgan fingerprint density at radius 1 is 1.08 bits per heavy atom. The molecule has 0 amide bonds. The molecule has 3 heteroatoms. The van der Waals surface area contributed by atoms with Gasteiger partial charge in [-0.1, -0.05) is 0 Å². The topological polar surface area (TPSA) is 12.9 Å². The van der Waals surface area contributed by atoms with E-state index < -0.39 is 0 Å². The van der Waals surface area contributed by atoms with Gasteiger partial charge in [0.15, 0.2) is 0 Å². The van der Waals surface area contributed by atoms with Crippen molar-refractivity contribution in [3.05, 3.63) is 39.5 Å². The summed E-state index contributed by atoms with van der Waals surface area (Å²) in [4.78, 5) is 5.29. The van der Waals surface area contributed by atoms with E-state index in [0.717, 1.165) is 0 Å². The van der Waals surface area contributed by atoms with E-state index in [-0.39, 0.29) is 0 Å². The largest absolute Gasteiger partial charge is 0.265 e. The minimum atomic E-state index is 1.25. The monoisotopic (exact) mass is 287 g/mol. The molecule has 2 heterocycles. The van der Waals surface area contributed by atoms with Gasteiger partial charge in [-0.2, -0.15) is 0 Å². The predicted octanol–water partition coefficient (Wildman–Crippen LogP) is 3.41. The van der Waals surface area contributed by atoms with Crippen molar-refractivity contribution in [3.8, 4) is 10.4 Å². The third kappa shape index (κ3) is 1.67. The Balaban J connectivity index is 2.45. The zero-order valence-electron chi connectivity index (χ0n) is 6.20. The maximum absolute atomic E-state index is 3.98. The average Bonchev–Trinajstić information content (AvgIpc) is 2.54. The summed E-state index contributed by atoms with van der Waals surface area (Å²) in [6, 6.07) is 8.33. The molecule has 12 heavy (non-hydrogen) atoms. The van der Waals surface area contributed by atoms with Crippen LogP contribution in [0.4, 0.5) is 0 Å². The standard InChI is InChI=1S/C9H6INS/c10-9-2-1-8(12-9)7-3-5-11-6-4-7/h1-6H. The van der Waals surface area contributed by atoms with E-state index in [0.29, 0.717) is 0 Å². The van der Waals surface area contributed by atoms with Crippen LogP contribution >= 0.6 is 33.9 Å². The molecule has 60 valence electrons. The van der Waals surface area contributed by atoms with E-state index in [9.17, 15) is 0 Å². The molecule has 2 rings (SSSR count). The molecule has 0 saturated heterocycles. The maximum Gasteiger partial charge on any atom is 0.0660 e. The predicted molar refractivity (Wildman–Crippen MR) is 60.3 cm³/mol. The molecule has 0 aliphatic carbocycles. The third-order valence-electron chi connectivity index (χ3n) is 1.54. The summed E-state index contributed by atoms with van der Waals surface area (Å²) in [5, 5.41) is 0. The molecule has 0 aliphatic heterocycles. The summed E-state index contributed by atoms with van der Waals surface area (Å²) in [6.07, 6.45) is 3.64. The van der Waals surface area contributed by atoms with Crippen LogP contribution in [-0.4, -0.2) is 4.98 Å². The first-order valence-electron chi connectivity index (χ1n) is 3.52. The van der Waals surface area contributed by atoms with Gasteiger partial charge in [-0.05, 0) is 52.4 Å². The molecule has 0 N–H and O–H groups in total. The van der Waals surface area contributed by atoms with Gasteiger partial charge in [0, 0.05) is 17.3 Å². The van der Waals surface area contributed by atoms with Gasteiger partial charge in [-0.3, -0.25) is 4.98 Å². The number of hydrogen-bond acceptors (Lipinski definition) is 2. The fourth-order valence-electron chi connectivity index (χ4n) is 0.986. The molecule has 0 saturated carbocycles. The Morgan fingerprint density at radius 2 is 1.83 bits per heavy atom. The van der Waals surface area contributed by atoms with Gasteiger partial charge in [0.25, 0.3) is 0 Å². The molecule has 0 bridgehead atoms. The van der Waals surface area contributed by atoms with Crippen LogP contribution in [0, 0.1) is 2.88 Å². The second-order valence-electron chi connectivity index (χ2n) is 2.34. The first kappa shape index (κ1) is 8.19. The van der Waals surface area contributed by atoms with Crippen LogP contribution in [0.1, 0.15) is 0 Å². The van der Waals surface area contributed by atoms with Gasteiger partial charge in [0.1, 0.15) is 0 Å². The summed E-state index contributed by atoms with van der Waals surface area (Å²) >= 11 is 4.13. The second-order valence-corrected chi connectivity index (χ2v) is 5.32. The Kier molecular flexibility index (Phi) is 2.41.